The molecule has 0 amide bonds. The second-order valence-corrected chi connectivity index (χ2v) is 9.67. The number of benzene rings is 2. The van der Waals surface area contributed by atoms with E-state index in [1.165, 1.54) is 5.57 Å². The minimum Gasteiger partial charge on any atom is -0.289 e. The molecule has 30 heavy (non-hydrogen) atoms. The third-order valence-corrected chi connectivity index (χ3v) is 7.60. The molecule has 1 N–H and O–H groups in total. The van der Waals surface area contributed by atoms with Crippen LogP contribution < -0.4 is 4.72 Å². The Balaban J connectivity index is 2.11. The van der Waals surface area contributed by atoms with Gasteiger partial charge in [-0.2, -0.15) is 0 Å². The van der Waals surface area contributed by atoms with Gasteiger partial charge >= 0.3 is 0 Å². The Bertz CT molecular complexity index is 1050. The van der Waals surface area contributed by atoms with Crippen molar-refractivity contribution < 1.29 is 13.2 Å². The van der Waals surface area contributed by atoms with Gasteiger partial charge in [-0.1, -0.05) is 68.3 Å². The summed E-state index contributed by atoms with van der Waals surface area (Å²) in [6, 6.07) is 13.8. The molecule has 2 aromatic carbocycles. The van der Waals surface area contributed by atoms with E-state index in [2.05, 4.69) is 18.6 Å². The summed E-state index contributed by atoms with van der Waals surface area (Å²) in [5.74, 6) is 0.190. The standard InChI is InChI=1S/C25H31NO3S/c1-5-18-16-24(26-30(28,29)19-14-12-17(4)13-15-19)22-10-8-9-11-23(22)25(27)21(7-3)20(18)6-2/h8-15,18,24,26H,5-7,16H2,1-4H3/b21-20-/t18-,24+/m1/s1. The van der Waals surface area contributed by atoms with Crippen molar-refractivity contribution in [2.75, 3.05) is 0 Å². The molecule has 1 aliphatic carbocycles. The number of nitrogens with one attached hydrogen (secondary N) is 1. The maximum atomic E-state index is 13.4. The first-order chi connectivity index (χ1) is 14.3. The predicted molar refractivity (Wildman–Crippen MR) is 121 cm³/mol. The van der Waals surface area contributed by atoms with Crippen LogP contribution in [0.1, 0.15) is 74.0 Å². The highest BCUT2D eigenvalue weighted by atomic mass is 32.2. The van der Waals surface area contributed by atoms with E-state index in [1.54, 1.807) is 24.3 Å². The summed E-state index contributed by atoms with van der Waals surface area (Å²) in [5.41, 5.74) is 4.42. The zero-order valence-electron chi connectivity index (χ0n) is 18.2. The molecule has 0 fully saturated rings. The number of Topliss-reactive ketones (excluding diaryl/α,β-unsaturated/α-hetero) is 1. The first-order valence-electron chi connectivity index (χ1n) is 10.8. The summed E-state index contributed by atoms with van der Waals surface area (Å²) in [6.45, 7) is 8.14. The molecule has 0 heterocycles. The second kappa shape index (κ2) is 9.27. The highest BCUT2D eigenvalue weighted by Gasteiger charge is 2.32. The molecule has 5 heteroatoms. The van der Waals surface area contributed by atoms with E-state index in [4.69, 9.17) is 0 Å². The Morgan fingerprint density at radius 3 is 2.23 bits per heavy atom. The van der Waals surface area contributed by atoms with Crippen LogP contribution in [0.2, 0.25) is 0 Å². The lowest BCUT2D eigenvalue weighted by molar-refractivity contribution is 0.102. The molecule has 0 radical (unpaired) electrons. The molecule has 0 aromatic heterocycles. The van der Waals surface area contributed by atoms with Crippen molar-refractivity contribution in [3.8, 4) is 0 Å². The SMILES string of the molecule is CC/C1=C(\CC)[C@H](CC)C[C@H](NS(=O)(=O)c2ccc(C)cc2)c2ccccc2C1=O. The number of hydrogen-bond donors (Lipinski definition) is 1. The molecule has 3 rings (SSSR count). The number of sulfonamides is 1. The van der Waals surface area contributed by atoms with Crippen molar-refractivity contribution in [3.05, 3.63) is 76.4 Å². The normalized spacial score (nSPS) is 22.3. The van der Waals surface area contributed by atoms with Crippen LogP contribution in [0.3, 0.4) is 0 Å². The van der Waals surface area contributed by atoms with Crippen LogP contribution in [0.15, 0.2) is 64.6 Å². The minimum absolute atomic E-state index is 0.0302. The van der Waals surface area contributed by atoms with Crippen molar-refractivity contribution in [2.45, 2.75) is 64.3 Å². The quantitative estimate of drug-likeness (QED) is 0.641. The van der Waals surface area contributed by atoms with Crippen molar-refractivity contribution in [1.82, 2.24) is 4.72 Å². The van der Waals surface area contributed by atoms with Gasteiger partial charge in [-0.15, -0.1) is 0 Å². The van der Waals surface area contributed by atoms with Crippen LogP contribution >= 0.6 is 0 Å². The van der Waals surface area contributed by atoms with Crippen molar-refractivity contribution in [1.29, 1.82) is 0 Å². The van der Waals surface area contributed by atoms with E-state index in [0.717, 1.165) is 29.5 Å². The van der Waals surface area contributed by atoms with Gasteiger partial charge in [0.2, 0.25) is 10.0 Å². The fourth-order valence-corrected chi connectivity index (χ4v) is 5.73. The fourth-order valence-electron chi connectivity index (χ4n) is 4.50. The Kier molecular flexibility index (Phi) is 6.94. The molecule has 160 valence electrons. The van der Waals surface area contributed by atoms with Crippen LogP contribution in [-0.4, -0.2) is 14.2 Å². The van der Waals surface area contributed by atoms with Gasteiger partial charge < -0.3 is 0 Å². The van der Waals surface area contributed by atoms with Crippen LogP contribution in [0.25, 0.3) is 0 Å². The van der Waals surface area contributed by atoms with Crippen molar-refractivity contribution >= 4 is 15.8 Å². The summed E-state index contributed by atoms with van der Waals surface area (Å²) >= 11 is 0. The maximum Gasteiger partial charge on any atom is 0.241 e. The molecule has 0 unspecified atom stereocenters. The van der Waals surface area contributed by atoms with Gasteiger partial charge in [0.05, 0.1) is 4.90 Å². The Labute approximate surface area is 180 Å². The van der Waals surface area contributed by atoms with Gasteiger partial charge in [-0.3, -0.25) is 4.79 Å². The summed E-state index contributed by atoms with van der Waals surface area (Å²) in [7, 11) is -3.72. The lowest BCUT2D eigenvalue weighted by Gasteiger charge is -2.31. The number of fused-ring (bicyclic) bond motifs is 1. The van der Waals surface area contributed by atoms with Gasteiger partial charge in [0, 0.05) is 11.6 Å². The molecule has 2 atom stereocenters. The van der Waals surface area contributed by atoms with Crippen LogP contribution in [0.4, 0.5) is 0 Å². The lowest BCUT2D eigenvalue weighted by Crippen LogP contribution is -2.33. The Hall–Kier alpha value is -2.24. The predicted octanol–water partition coefficient (Wildman–Crippen LogP) is 5.74. The van der Waals surface area contributed by atoms with Crippen LogP contribution in [-0.2, 0) is 10.0 Å². The number of ketones is 1. The lowest BCUT2D eigenvalue weighted by atomic mass is 9.77. The third kappa shape index (κ3) is 4.42. The fraction of sp³-hybridized carbons (Fsp3) is 0.400. The van der Waals surface area contributed by atoms with Crippen molar-refractivity contribution in [2.24, 2.45) is 5.92 Å². The van der Waals surface area contributed by atoms with E-state index >= 15 is 0 Å². The number of carbonyl (C=O) groups excluding carboxylic acids is 1. The maximum absolute atomic E-state index is 13.4. The van der Waals surface area contributed by atoms with Gasteiger partial charge in [-0.05, 0) is 61.8 Å². The van der Waals surface area contributed by atoms with Crippen molar-refractivity contribution in [3.63, 3.8) is 0 Å². The Morgan fingerprint density at radius 1 is 0.967 bits per heavy atom. The first kappa shape index (κ1) is 22.4. The summed E-state index contributed by atoms with van der Waals surface area (Å²) < 4.78 is 29.2. The number of allylic oxidation sites excluding steroid dienone is 2. The second-order valence-electron chi connectivity index (χ2n) is 7.96. The minimum atomic E-state index is -3.72. The number of hydrogen-bond acceptors (Lipinski definition) is 3. The average Bonchev–Trinajstić information content (AvgIpc) is 2.74. The number of aryl methyl sites for hydroxylation is 1. The summed E-state index contributed by atoms with van der Waals surface area (Å²) in [6.07, 6.45) is 2.99. The molecular formula is C25H31NO3S. The van der Waals surface area contributed by atoms with Crippen LogP contribution in [0, 0.1) is 12.8 Å². The van der Waals surface area contributed by atoms with Gasteiger partial charge in [0.15, 0.2) is 5.78 Å². The molecular weight excluding hydrogens is 394 g/mol. The van der Waals surface area contributed by atoms with E-state index in [-0.39, 0.29) is 16.6 Å². The van der Waals surface area contributed by atoms with Gasteiger partial charge in [0.1, 0.15) is 0 Å². The topological polar surface area (TPSA) is 63.2 Å². The molecule has 1 aliphatic rings. The molecule has 2 aromatic rings. The molecule has 0 aliphatic heterocycles. The highest BCUT2D eigenvalue weighted by Crippen LogP contribution is 2.38. The average molecular weight is 426 g/mol. The highest BCUT2D eigenvalue weighted by molar-refractivity contribution is 7.89. The third-order valence-electron chi connectivity index (χ3n) is 6.11. The number of carbonyl (C=O) groups is 1. The van der Waals surface area contributed by atoms with Gasteiger partial charge in [0.25, 0.3) is 0 Å². The Morgan fingerprint density at radius 2 is 1.63 bits per heavy atom. The molecule has 0 saturated heterocycles. The molecule has 0 saturated carbocycles. The van der Waals surface area contributed by atoms with E-state index in [1.807, 2.05) is 38.1 Å². The monoisotopic (exact) mass is 425 g/mol. The summed E-state index contributed by atoms with van der Waals surface area (Å²) in [5, 5.41) is 0. The largest absolute Gasteiger partial charge is 0.289 e. The van der Waals surface area contributed by atoms with E-state index in [0.29, 0.717) is 18.4 Å². The zero-order valence-corrected chi connectivity index (χ0v) is 19.1. The van der Waals surface area contributed by atoms with Crippen LogP contribution in [0.5, 0.6) is 0 Å². The number of rotatable bonds is 6. The summed E-state index contributed by atoms with van der Waals surface area (Å²) in [4.78, 5) is 13.7. The van der Waals surface area contributed by atoms with E-state index < -0.39 is 16.1 Å². The first-order valence-corrected chi connectivity index (χ1v) is 12.2. The van der Waals surface area contributed by atoms with Gasteiger partial charge in [-0.25, -0.2) is 13.1 Å². The smallest absolute Gasteiger partial charge is 0.241 e. The molecule has 0 bridgehead atoms. The molecule has 0 spiro atoms. The van der Waals surface area contributed by atoms with E-state index in [9.17, 15) is 13.2 Å². The zero-order chi connectivity index (χ0) is 21.9. The molecule has 4 nitrogen and oxygen atoms in total.